The number of amides is 2. The van der Waals surface area contributed by atoms with Crippen LogP contribution in [0.1, 0.15) is 36.5 Å². The van der Waals surface area contributed by atoms with Crippen molar-refractivity contribution in [2.75, 3.05) is 6.54 Å². The molecule has 0 aliphatic carbocycles. The van der Waals surface area contributed by atoms with Crippen molar-refractivity contribution in [1.82, 2.24) is 10.2 Å². The summed E-state index contributed by atoms with van der Waals surface area (Å²) in [4.78, 5) is 27.4. The summed E-state index contributed by atoms with van der Waals surface area (Å²) in [7, 11) is 0. The predicted octanol–water partition coefficient (Wildman–Crippen LogP) is 2.31. The minimum atomic E-state index is -1.79. The van der Waals surface area contributed by atoms with Crippen LogP contribution in [0.2, 0.25) is 5.02 Å². The Morgan fingerprint density at radius 3 is 2.66 bits per heavy atom. The van der Waals surface area contributed by atoms with Crippen LogP contribution in [0, 0.1) is 0 Å². The van der Waals surface area contributed by atoms with E-state index in [2.05, 4.69) is 5.32 Å². The van der Waals surface area contributed by atoms with E-state index >= 15 is 0 Å². The Bertz CT molecular complexity index is 886. The van der Waals surface area contributed by atoms with Crippen molar-refractivity contribution in [2.24, 2.45) is 5.73 Å². The fourth-order valence-corrected chi connectivity index (χ4v) is 3.88. The topological polar surface area (TPSA) is 95.7 Å². The molecule has 0 radical (unpaired) electrons. The van der Waals surface area contributed by atoms with Crippen LogP contribution in [0.15, 0.2) is 48.5 Å². The minimum absolute atomic E-state index is 0.385. The molecule has 0 unspecified atom stereocenters. The maximum atomic E-state index is 12.8. The first-order valence-corrected chi connectivity index (χ1v) is 10.1. The van der Waals surface area contributed by atoms with Crippen LogP contribution >= 0.6 is 11.6 Å². The van der Waals surface area contributed by atoms with Crippen LogP contribution in [0.5, 0.6) is 0 Å². The average molecular weight is 416 g/mol. The Hall–Kier alpha value is -2.25. The zero-order valence-electron chi connectivity index (χ0n) is 16.4. The summed E-state index contributed by atoms with van der Waals surface area (Å²) >= 11 is 6.12. The van der Waals surface area contributed by atoms with Gasteiger partial charge in [0.2, 0.25) is 5.91 Å². The predicted molar refractivity (Wildman–Crippen MR) is 112 cm³/mol. The molecule has 1 fully saturated rings. The molecule has 1 saturated heterocycles. The highest BCUT2D eigenvalue weighted by Crippen LogP contribution is 2.25. The third-order valence-electron chi connectivity index (χ3n) is 5.44. The van der Waals surface area contributed by atoms with E-state index in [1.807, 2.05) is 17.0 Å². The minimum Gasteiger partial charge on any atom is -0.376 e. The Labute approximate surface area is 175 Å². The van der Waals surface area contributed by atoms with Crippen LogP contribution in [0.4, 0.5) is 0 Å². The molecular formula is C22H26ClN3O3. The van der Waals surface area contributed by atoms with E-state index in [4.69, 9.17) is 17.3 Å². The second-order valence-corrected chi connectivity index (χ2v) is 7.94. The van der Waals surface area contributed by atoms with Crippen LogP contribution in [-0.4, -0.2) is 34.4 Å². The van der Waals surface area contributed by atoms with Crippen LogP contribution in [-0.2, 0) is 28.3 Å². The molecule has 4 N–H and O–H groups in total. The van der Waals surface area contributed by atoms with Crippen molar-refractivity contribution in [1.29, 1.82) is 0 Å². The molecule has 2 atom stereocenters. The van der Waals surface area contributed by atoms with Crippen molar-refractivity contribution in [2.45, 2.75) is 44.5 Å². The fraction of sp³-hybridized carbons (Fsp3) is 0.364. The average Bonchev–Trinajstić information content (AvgIpc) is 3.17. The summed E-state index contributed by atoms with van der Waals surface area (Å²) in [5, 5.41) is 13.7. The smallest absolute Gasteiger partial charge is 0.262 e. The molecule has 3 rings (SSSR count). The van der Waals surface area contributed by atoms with Crippen LogP contribution < -0.4 is 11.1 Å². The summed E-state index contributed by atoms with van der Waals surface area (Å²) in [6.45, 7) is 3.03. The molecule has 7 heteroatoms. The van der Waals surface area contributed by atoms with Crippen molar-refractivity contribution in [3.8, 4) is 0 Å². The molecule has 2 aromatic rings. The molecule has 2 amide bonds. The first-order chi connectivity index (χ1) is 13.8. The molecule has 2 aromatic carbocycles. The lowest BCUT2D eigenvalue weighted by Gasteiger charge is -2.27. The molecule has 1 aliphatic rings. The SMILES string of the molecule is C[C@@](O)(C(=O)NC(=O)[C@@H]1CCCN1Cc1cc(Cl)ccc1CN)c1ccccc1. The third kappa shape index (κ3) is 4.85. The lowest BCUT2D eigenvalue weighted by molar-refractivity contribution is -0.144. The number of nitrogens with one attached hydrogen (secondary N) is 1. The second kappa shape index (κ2) is 9.05. The molecular weight excluding hydrogens is 390 g/mol. The summed E-state index contributed by atoms with van der Waals surface area (Å²) < 4.78 is 0. The van der Waals surface area contributed by atoms with E-state index in [-0.39, 0.29) is 0 Å². The number of aliphatic hydroxyl groups is 1. The van der Waals surface area contributed by atoms with Gasteiger partial charge in [-0.1, -0.05) is 48.0 Å². The first kappa shape index (κ1) is 21.5. The van der Waals surface area contributed by atoms with Gasteiger partial charge in [0.1, 0.15) is 0 Å². The highest BCUT2D eigenvalue weighted by molar-refractivity contribution is 6.30. The molecule has 0 bridgehead atoms. The van der Waals surface area contributed by atoms with Gasteiger partial charge in [-0.2, -0.15) is 0 Å². The molecule has 0 spiro atoms. The van der Waals surface area contributed by atoms with E-state index in [0.717, 1.165) is 24.1 Å². The highest BCUT2D eigenvalue weighted by atomic mass is 35.5. The highest BCUT2D eigenvalue weighted by Gasteiger charge is 2.37. The number of carbonyl (C=O) groups excluding carboxylic acids is 2. The van der Waals surface area contributed by atoms with E-state index in [9.17, 15) is 14.7 Å². The van der Waals surface area contributed by atoms with E-state index < -0.39 is 23.5 Å². The molecule has 1 aliphatic heterocycles. The Balaban J connectivity index is 1.70. The Morgan fingerprint density at radius 2 is 1.97 bits per heavy atom. The van der Waals surface area contributed by atoms with Crippen LogP contribution in [0.3, 0.4) is 0 Å². The zero-order chi connectivity index (χ0) is 21.0. The molecule has 0 aromatic heterocycles. The second-order valence-electron chi connectivity index (χ2n) is 7.50. The van der Waals surface area contributed by atoms with Gasteiger partial charge in [-0.05, 0) is 55.1 Å². The number of carbonyl (C=O) groups is 2. The fourth-order valence-electron chi connectivity index (χ4n) is 3.68. The number of nitrogens with two attached hydrogens (primary N) is 1. The number of benzene rings is 2. The number of likely N-dealkylation sites (tertiary alicyclic amines) is 1. The standard InChI is InChI=1S/C22H26ClN3O3/c1-22(29,17-6-3-2-4-7-17)21(28)25-20(27)19-8-5-11-26(19)14-16-12-18(23)10-9-15(16)13-24/h2-4,6-7,9-10,12,19,29H,5,8,11,13-14,24H2,1H3,(H,25,27,28)/t19-,22-/m0/s1. The maximum absolute atomic E-state index is 12.8. The zero-order valence-corrected chi connectivity index (χ0v) is 17.2. The monoisotopic (exact) mass is 415 g/mol. The van der Waals surface area contributed by atoms with Crippen molar-refractivity contribution in [3.63, 3.8) is 0 Å². The van der Waals surface area contributed by atoms with Crippen LogP contribution in [0.25, 0.3) is 0 Å². The molecule has 154 valence electrons. The van der Waals surface area contributed by atoms with Crippen molar-refractivity contribution < 1.29 is 14.7 Å². The van der Waals surface area contributed by atoms with Crippen molar-refractivity contribution in [3.05, 3.63) is 70.2 Å². The largest absolute Gasteiger partial charge is 0.376 e. The molecule has 6 nitrogen and oxygen atoms in total. The molecule has 0 saturated carbocycles. The van der Waals surface area contributed by atoms with Gasteiger partial charge in [0.05, 0.1) is 6.04 Å². The number of rotatable bonds is 6. The lowest BCUT2D eigenvalue weighted by atomic mass is 9.95. The van der Waals surface area contributed by atoms with Gasteiger partial charge in [0, 0.05) is 18.1 Å². The van der Waals surface area contributed by atoms with Gasteiger partial charge >= 0.3 is 0 Å². The number of imide groups is 1. The van der Waals surface area contributed by atoms with Gasteiger partial charge in [0.25, 0.3) is 5.91 Å². The Morgan fingerprint density at radius 1 is 1.24 bits per heavy atom. The first-order valence-electron chi connectivity index (χ1n) is 9.67. The third-order valence-corrected chi connectivity index (χ3v) is 5.68. The van der Waals surface area contributed by atoms with Gasteiger partial charge in [-0.15, -0.1) is 0 Å². The quantitative estimate of drug-likeness (QED) is 0.672. The van der Waals surface area contributed by atoms with Gasteiger partial charge in [0.15, 0.2) is 5.60 Å². The molecule has 29 heavy (non-hydrogen) atoms. The van der Waals surface area contributed by atoms with E-state index in [1.165, 1.54) is 6.92 Å². The summed E-state index contributed by atoms with van der Waals surface area (Å²) in [5.74, 6) is -1.13. The summed E-state index contributed by atoms with van der Waals surface area (Å²) in [6, 6.07) is 13.7. The van der Waals surface area contributed by atoms with Gasteiger partial charge < -0.3 is 10.8 Å². The number of hydrogen-bond acceptors (Lipinski definition) is 5. The number of hydrogen-bond donors (Lipinski definition) is 3. The van der Waals surface area contributed by atoms with Crippen molar-refractivity contribution >= 4 is 23.4 Å². The lowest BCUT2D eigenvalue weighted by Crippen LogP contribution is -2.50. The summed E-state index contributed by atoms with van der Waals surface area (Å²) in [6.07, 6.45) is 1.49. The van der Waals surface area contributed by atoms with Gasteiger partial charge in [-0.25, -0.2) is 0 Å². The number of halogens is 1. The normalized spacial score (nSPS) is 19.0. The van der Waals surface area contributed by atoms with E-state index in [1.54, 1.807) is 36.4 Å². The van der Waals surface area contributed by atoms with Gasteiger partial charge in [-0.3, -0.25) is 19.8 Å². The van der Waals surface area contributed by atoms with E-state index in [0.29, 0.717) is 30.1 Å². The molecule has 1 heterocycles. The maximum Gasteiger partial charge on any atom is 0.262 e. The summed E-state index contributed by atoms with van der Waals surface area (Å²) in [5.41, 5.74) is 6.41. The Kier molecular flexibility index (Phi) is 6.70. The number of nitrogens with zero attached hydrogens (tertiary/aromatic N) is 1.